The molecule has 0 amide bonds. The highest BCUT2D eigenvalue weighted by Gasteiger charge is 2.15. The number of morpholine rings is 1. The average Bonchev–Trinajstić information content (AvgIpc) is 3.17. The van der Waals surface area contributed by atoms with Crippen LogP contribution in [0.3, 0.4) is 0 Å². The highest BCUT2D eigenvalue weighted by molar-refractivity contribution is 5.87. The third-order valence-electron chi connectivity index (χ3n) is 5.15. The van der Waals surface area contributed by atoms with Crippen molar-refractivity contribution in [2.75, 3.05) is 47.1 Å². The van der Waals surface area contributed by atoms with Gasteiger partial charge < -0.3 is 18.6 Å². The van der Waals surface area contributed by atoms with Crippen LogP contribution in [0.5, 0.6) is 11.5 Å². The van der Waals surface area contributed by atoms with Gasteiger partial charge in [-0.2, -0.15) is 0 Å². The lowest BCUT2D eigenvalue weighted by atomic mass is 10.1. The maximum absolute atomic E-state index is 12.4. The van der Waals surface area contributed by atoms with E-state index >= 15 is 0 Å². The fourth-order valence-electron chi connectivity index (χ4n) is 3.63. The number of furan rings is 1. The molecule has 0 aliphatic carbocycles. The topological polar surface area (TPSA) is 61.1 Å². The van der Waals surface area contributed by atoms with Gasteiger partial charge in [-0.25, -0.2) is 0 Å². The number of hydrogen-bond acceptors (Lipinski definition) is 6. The average molecular weight is 395 g/mol. The van der Waals surface area contributed by atoms with E-state index < -0.39 is 0 Å². The molecule has 1 fully saturated rings. The Morgan fingerprint density at radius 3 is 2.55 bits per heavy atom. The smallest absolute Gasteiger partial charge is 0.161 e. The summed E-state index contributed by atoms with van der Waals surface area (Å²) in [6, 6.07) is 13.6. The van der Waals surface area contributed by atoms with Gasteiger partial charge in [0.1, 0.15) is 11.3 Å². The molecule has 0 radical (unpaired) electrons. The first-order valence-corrected chi connectivity index (χ1v) is 9.73. The van der Waals surface area contributed by atoms with Crippen molar-refractivity contribution in [2.45, 2.75) is 6.42 Å². The first-order valence-electron chi connectivity index (χ1n) is 9.73. The molecule has 152 valence electrons. The van der Waals surface area contributed by atoms with Gasteiger partial charge in [-0.1, -0.05) is 6.07 Å². The molecule has 3 aromatic rings. The van der Waals surface area contributed by atoms with Crippen molar-refractivity contribution in [1.82, 2.24) is 4.90 Å². The van der Waals surface area contributed by atoms with Crippen LogP contribution in [0.25, 0.3) is 22.3 Å². The number of benzene rings is 2. The lowest BCUT2D eigenvalue weighted by molar-refractivity contribution is -0.120. The van der Waals surface area contributed by atoms with E-state index in [1.165, 1.54) is 0 Å². The fraction of sp³-hybridized carbons (Fsp3) is 0.348. The Kier molecular flexibility index (Phi) is 5.83. The summed E-state index contributed by atoms with van der Waals surface area (Å²) < 4.78 is 22.0. The molecule has 0 spiro atoms. The largest absolute Gasteiger partial charge is 0.493 e. The Bertz CT molecular complexity index is 1000. The second kappa shape index (κ2) is 8.68. The van der Waals surface area contributed by atoms with E-state index in [9.17, 15) is 4.79 Å². The van der Waals surface area contributed by atoms with Gasteiger partial charge in [0.15, 0.2) is 17.3 Å². The summed E-state index contributed by atoms with van der Waals surface area (Å²) in [7, 11) is 3.22. The Balaban J connectivity index is 1.51. The number of methoxy groups -OCH3 is 2. The molecular weight excluding hydrogens is 370 g/mol. The molecule has 0 bridgehead atoms. The van der Waals surface area contributed by atoms with Crippen molar-refractivity contribution >= 4 is 16.8 Å². The van der Waals surface area contributed by atoms with Gasteiger partial charge in [0.25, 0.3) is 0 Å². The first-order chi connectivity index (χ1) is 14.2. The van der Waals surface area contributed by atoms with Crippen LogP contribution in [0.1, 0.15) is 5.56 Å². The van der Waals surface area contributed by atoms with Crippen molar-refractivity contribution in [1.29, 1.82) is 0 Å². The summed E-state index contributed by atoms with van der Waals surface area (Å²) >= 11 is 0. The number of ketones is 1. The third kappa shape index (κ3) is 4.44. The van der Waals surface area contributed by atoms with E-state index in [-0.39, 0.29) is 5.78 Å². The number of hydrogen-bond donors (Lipinski definition) is 0. The minimum Gasteiger partial charge on any atom is -0.493 e. The Morgan fingerprint density at radius 1 is 1.00 bits per heavy atom. The standard InChI is InChI=1S/C23H25NO5/c1-26-21-6-4-17(13-23(21)27-2)22-14-18-11-16(3-5-20(18)29-22)12-19(25)15-24-7-9-28-10-8-24/h3-6,11,13-14H,7-10,12,15H2,1-2H3. The second-order valence-electron chi connectivity index (χ2n) is 7.16. The van der Waals surface area contributed by atoms with Crippen molar-refractivity contribution in [3.8, 4) is 22.8 Å². The number of Topliss-reactive ketones (excluding diaryl/α,β-unsaturated/α-hetero) is 1. The predicted molar refractivity (Wildman–Crippen MR) is 111 cm³/mol. The Hall–Kier alpha value is -2.83. The van der Waals surface area contributed by atoms with Gasteiger partial charge >= 0.3 is 0 Å². The SMILES string of the molecule is COc1ccc(-c2cc3cc(CC(=O)CN4CCOCC4)ccc3o2)cc1OC. The van der Waals surface area contributed by atoms with Crippen LogP contribution < -0.4 is 9.47 Å². The van der Waals surface area contributed by atoms with E-state index in [4.69, 9.17) is 18.6 Å². The van der Waals surface area contributed by atoms with Gasteiger partial charge in [0, 0.05) is 30.5 Å². The van der Waals surface area contributed by atoms with Crippen LogP contribution in [-0.4, -0.2) is 57.8 Å². The van der Waals surface area contributed by atoms with Crippen LogP contribution in [0.15, 0.2) is 46.9 Å². The summed E-state index contributed by atoms with van der Waals surface area (Å²) in [5.41, 5.74) is 2.69. The molecule has 6 heteroatoms. The van der Waals surface area contributed by atoms with Crippen LogP contribution >= 0.6 is 0 Å². The molecule has 0 saturated carbocycles. The summed E-state index contributed by atoms with van der Waals surface area (Å²) in [4.78, 5) is 14.6. The van der Waals surface area contributed by atoms with Crippen LogP contribution in [0.2, 0.25) is 0 Å². The number of ether oxygens (including phenoxy) is 3. The monoisotopic (exact) mass is 395 g/mol. The third-order valence-corrected chi connectivity index (χ3v) is 5.15. The summed E-state index contributed by atoms with van der Waals surface area (Å²) in [6.07, 6.45) is 0.421. The van der Waals surface area contributed by atoms with Crippen molar-refractivity contribution < 1.29 is 23.4 Å². The van der Waals surface area contributed by atoms with Crippen molar-refractivity contribution in [3.05, 3.63) is 48.0 Å². The highest BCUT2D eigenvalue weighted by Crippen LogP contribution is 2.35. The number of carbonyl (C=O) groups excluding carboxylic acids is 1. The first kappa shape index (κ1) is 19.5. The molecule has 1 saturated heterocycles. The minimum absolute atomic E-state index is 0.217. The number of carbonyl (C=O) groups is 1. The molecule has 0 unspecified atom stereocenters. The summed E-state index contributed by atoms with van der Waals surface area (Å²) in [6.45, 7) is 3.52. The second-order valence-corrected chi connectivity index (χ2v) is 7.16. The van der Waals surface area contributed by atoms with E-state index in [0.29, 0.717) is 37.7 Å². The molecule has 4 rings (SSSR count). The van der Waals surface area contributed by atoms with Crippen LogP contribution in [0, 0.1) is 0 Å². The number of rotatable bonds is 7. The maximum Gasteiger partial charge on any atom is 0.161 e. The Labute approximate surface area is 170 Å². The molecule has 29 heavy (non-hydrogen) atoms. The summed E-state index contributed by atoms with van der Waals surface area (Å²) in [5.74, 6) is 2.29. The van der Waals surface area contributed by atoms with Crippen molar-refractivity contribution in [3.63, 3.8) is 0 Å². The molecule has 6 nitrogen and oxygen atoms in total. The van der Waals surface area contributed by atoms with Gasteiger partial charge in [-0.05, 0) is 42.0 Å². The molecule has 2 heterocycles. The highest BCUT2D eigenvalue weighted by atomic mass is 16.5. The quantitative estimate of drug-likeness (QED) is 0.610. The van der Waals surface area contributed by atoms with Gasteiger partial charge in [0.2, 0.25) is 0 Å². The zero-order valence-electron chi connectivity index (χ0n) is 16.8. The van der Waals surface area contributed by atoms with Crippen LogP contribution in [-0.2, 0) is 16.0 Å². The Morgan fingerprint density at radius 2 is 1.79 bits per heavy atom. The molecule has 1 aliphatic rings. The van der Waals surface area contributed by atoms with Gasteiger partial charge in [0.05, 0.1) is 34.0 Å². The zero-order chi connectivity index (χ0) is 20.2. The molecule has 0 atom stereocenters. The zero-order valence-corrected chi connectivity index (χ0v) is 16.8. The molecule has 0 N–H and O–H groups in total. The normalized spacial score (nSPS) is 14.8. The molecule has 1 aliphatic heterocycles. The van der Waals surface area contributed by atoms with E-state index in [2.05, 4.69) is 4.90 Å². The number of fused-ring (bicyclic) bond motifs is 1. The van der Waals surface area contributed by atoms with E-state index in [1.54, 1.807) is 14.2 Å². The fourth-order valence-corrected chi connectivity index (χ4v) is 3.63. The molecule has 2 aromatic carbocycles. The van der Waals surface area contributed by atoms with E-state index in [1.807, 2.05) is 42.5 Å². The minimum atomic E-state index is 0.217. The van der Waals surface area contributed by atoms with Crippen molar-refractivity contribution in [2.24, 2.45) is 0 Å². The van der Waals surface area contributed by atoms with Crippen LogP contribution in [0.4, 0.5) is 0 Å². The maximum atomic E-state index is 12.4. The van der Waals surface area contributed by atoms with E-state index in [0.717, 1.165) is 40.9 Å². The van der Waals surface area contributed by atoms with Gasteiger partial charge in [-0.3, -0.25) is 9.69 Å². The van der Waals surface area contributed by atoms with Gasteiger partial charge in [-0.15, -0.1) is 0 Å². The molecule has 1 aromatic heterocycles. The molecular formula is C23H25NO5. The lowest BCUT2D eigenvalue weighted by Crippen LogP contribution is -2.39. The lowest BCUT2D eigenvalue weighted by Gasteiger charge is -2.25. The predicted octanol–water partition coefficient (Wildman–Crippen LogP) is 3.56. The number of nitrogens with zero attached hydrogens (tertiary/aromatic N) is 1. The summed E-state index contributed by atoms with van der Waals surface area (Å²) in [5, 5.41) is 0.978.